The molecule has 0 aliphatic carbocycles. The van der Waals surface area contributed by atoms with Gasteiger partial charge in [0.05, 0.1) is 0 Å². The molecule has 0 unspecified atom stereocenters. The van der Waals surface area contributed by atoms with Crippen LogP contribution in [0.2, 0.25) is 5.02 Å². The molecule has 2 nitrogen and oxygen atoms in total. The molecule has 4 heteroatoms. The van der Waals surface area contributed by atoms with Crippen molar-refractivity contribution in [2.24, 2.45) is 0 Å². The quantitative estimate of drug-likeness (QED) is 0.685. The Kier molecular flexibility index (Phi) is 6.44. The average Bonchev–Trinajstić information content (AvgIpc) is 2.19. The van der Waals surface area contributed by atoms with Crippen LogP contribution in [0.4, 0.5) is 0 Å². The summed E-state index contributed by atoms with van der Waals surface area (Å²) in [5, 5.41) is 1.27. The van der Waals surface area contributed by atoms with E-state index in [0.29, 0.717) is 0 Å². The van der Waals surface area contributed by atoms with Gasteiger partial charge < -0.3 is 0 Å². The third kappa shape index (κ3) is 3.66. The summed E-state index contributed by atoms with van der Waals surface area (Å²) >= 11 is 1.35. The van der Waals surface area contributed by atoms with Crippen LogP contribution in [-0.4, -0.2) is 19.5 Å². The molecule has 0 aromatic carbocycles. The minimum atomic E-state index is 0. The zero-order valence-corrected chi connectivity index (χ0v) is 10.0. The van der Waals surface area contributed by atoms with Crippen molar-refractivity contribution < 1.29 is 27.8 Å². The summed E-state index contributed by atoms with van der Waals surface area (Å²) in [4.78, 5) is 0. The summed E-state index contributed by atoms with van der Waals surface area (Å²) in [6.07, 6.45) is 1.24. The van der Waals surface area contributed by atoms with Gasteiger partial charge in [0.15, 0.2) is 0 Å². The zero-order chi connectivity index (χ0) is 5.82. The third-order valence-electron chi connectivity index (χ3n) is 1.13. The number of halogens is 1. The SMILES string of the molecule is Br.[Zn][CH2]CC1OCCO1. The molecule has 1 saturated heterocycles. The molecule has 0 aromatic rings. The number of hydrogen-bond acceptors (Lipinski definition) is 2. The van der Waals surface area contributed by atoms with E-state index in [1.54, 1.807) is 0 Å². The first kappa shape index (κ1) is 10.0. The second-order valence-corrected chi connectivity index (χ2v) is 3.30. The molecule has 1 heterocycles. The molecule has 1 aliphatic rings. The Hall–Kier alpha value is 1.02. The summed E-state index contributed by atoms with van der Waals surface area (Å²) in [5.74, 6) is 0. The minimum absolute atomic E-state index is 0. The van der Waals surface area contributed by atoms with Crippen LogP contribution in [0.25, 0.3) is 0 Å². The van der Waals surface area contributed by atoms with Crippen molar-refractivity contribution in [3.63, 3.8) is 0 Å². The Morgan fingerprint density at radius 1 is 1.33 bits per heavy atom. The van der Waals surface area contributed by atoms with E-state index < -0.39 is 0 Å². The van der Waals surface area contributed by atoms with Crippen LogP contribution < -0.4 is 0 Å². The van der Waals surface area contributed by atoms with Gasteiger partial charge in [-0.05, 0) is 0 Å². The first-order chi connectivity index (χ1) is 3.93. The Morgan fingerprint density at radius 3 is 2.33 bits per heavy atom. The van der Waals surface area contributed by atoms with Crippen LogP contribution in [-0.2, 0) is 27.8 Å². The van der Waals surface area contributed by atoms with Gasteiger partial charge in [0.25, 0.3) is 0 Å². The van der Waals surface area contributed by atoms with Crippen molar-refractivity contribution in [2.75, 3.05) is 13.2 Å². The van der Waals surface area contributed by atoms with E-state index in [-0.39, 0.29) is 23.3 Å². The molecule has 0 N–H and O–H groups in total. The Morgan fingerprint density at radius 2 is 1.89 bits per heavy atom. The normalized spacial score (nSPS) is 19.8. The van der Waals surface area contributed by atoms with Crippen molar-refractivity contribution in [3.05, 3.63) is 0 Å². The molecule has 9 heavy (non-hydrogen) atoms. The average molecular weight is 247 g/mol. The van der Waals surface area contributed by atoms with Gasteiger partial charge in [-0.3, -0.25) is 0 Å². The third-order valence-corrected chi connectivity index (χ3v) is 1.99. The summed E-state index contributed by atoms with van der Waals surface area (Å²) in [7, 11) is 0. The van der Waals surface area contributed by atoms with Gasteiger partial charge in [-0.25, -0.2) is 0 Å². The predicted octanol–water partition coefficient (Wildman–Crippen LogP) is 1.29. The summed E-state index contributed by atoms with van der Waals surface area (Å²) in [5.41, 5.74) is 0. The number of rotatable bonds is 2. The first-order valence-corrected chi connectivity index (χ1v) is 5.06. The van der Waals surface area contributed by atoms with Gasteiger partial charge >= 0.3 is 58.7 Å². The van der Waals surface area contributed by atoms with Crippen LogP contribution in [0.5, 0.6) is 0 Å². The van der Waals surface area contributed by atoms with Crippen molar-refractivity contribution in [1.82, 2.24) is 0 Å². The van der Waals surface area contributed by atoms with Crippen LogP contribution in [0.1, 0.15) is 6.42 Å². The predicted molar refractivity (Wildman–Crippen MR) is 35.4 cm³/mol. The second-order valence-electron chi connectivity index (χ2n) is 1.81. The molecule has 1 aliphatic heterocycles. The van der Waals surface area contributed by atoms with E-state index in [4.69, 9.17) is 9.47 Å². The van der Waals surface area contributed by atoms with E-state index in [0.717, 1.165) is 19.6 Å². The van der Waals surface area contributed by atoms with Crippen LogP contribution >= 0.6 is 17.0 Å². The Balaban J connectivity index is 0.000000640. The fourth-order valence-electron chi connectivity index (χ4n) is 0.741. The summed E-state index contributed by atoms with van der Waals surface area (Å²) in [6, 6.07) is 0. The van der Waals surface area contributed by atoms with Crippen LogP contribution in [0, 0.1) is 0 Å². The van der Waals surface area contributed by atoms with Crippen LogP contribution in [0.3, 0.4) is 0 Å². The molecule has 51 valence electrons. The molecular formula is C5H10BrO2Zn. The molecule has 0 amide bonds. The van der Waals surface area contributed by atoms with Crippen LogP contribution in [0.15, 0.2) is 0 Å². The molecule has 1 fully saturated rings. The van der Waals surface area contributed by atoms with Gasteiger partial charge in [0.2, 0.25) is 0 Å². The molecule has 0 atom stereocenters. The maximum absolute atomic E-state index is 5.19. The Labute approximate surface area is 75.7 Å². The van der Waals surface area contributed by atoms with E-state index in [1.807, 2.05) is 0 Å². The van der Waals surface area contributed by atoms with Gasteiger partial charge in [-0.15, -0.1) is 17.0 Å². The topological polar surface area (TPSA) is 18.5 Å². The van der Waals surface area contributed by atoms with E-state index >= 15 is 0 Å². The van der Waals surface area contributed by atoms with Gasteiger partial charge in [-0.1, -0.05) is 0 Å². The standard InChI is InChI=1S/C5H9O2.BrH.Zn/c1-2-5-6-3-4-7-5;;/h5H,1-4H2;1H;. The fourth-order valence-corrected chi connectivity index (χ4v) is 1.44. The van der Waals surface area contributed by atoms with E-state index in [2.05, 4.69) is 0 Å². The van der Waals surface area contributed by atoms with Crippen molar-refractivity contribution in [1.29, 1.82) is 0 Å². The number of ether oxygens (including phenoxy) is 2. The number of hydrogen-bond donors (Lipinski definition) is 0. The fraction of sp³-hybridized carbons (Fsp3) is 1.00. The molecule has 0 bridgehead atoms. The first-order valence-electron chi connectivity index (χ1n) is 2.96. The molecule has 0 aromatic heterocycles. The maximum atomic E-state index is 5.19. The molecule has 0 spiro atoms. The molecule has 1 rings (SSSR count). The van der Waals surface area contributed by atoms with E-state index in [1.165, 1.54) is 23.3 Å². The zero-order valence-electron chi connectivity index (χ0n) is 5.34. The molecular weight excluding hydrogens is 237 g/mol. The van der Waals surface area contributed by atoms with Gasteiger partial charge in [-0.2, -0.15) is 0 Å². The molecule has 0 saturated carbocycles. The van der Waals surface area contributed by atoms with Crippen molar-refractivity contribution in [2.45, 2.75) is 17.7 Å². The van der Waals surface area contributed by atoms with Gasteiger partial charge in [0, 0.05) is 0 Å². The van der Waals surface area contributed by atoms with E-state index in [9.17, 15) is 0 Å². The second kappa shape index (κ2) is 5.78. The van der Waals surface area contributed by atoms with Crippen molar-refractivity contribution >= 4 is 17.0 Å². The van der Waals surface area contributed by atoms with Gasteiger partial charge in [0.1, 0.15) is 0 Å². The summed E-state index contributed by atoms with van der Waals surface area (Å²) < 4.78 is 10.4. The molecule has 0 radical (unpaired) electrons. The summed E-state index contributed by atoms with van der Waals surface area (Å²) in [6.45, 7) is 1.59. The van der Waals surface area contributed by atoms with Crippen molar-refractivity contribution in [3.8, 4) is 0 Å². The Bertz CT molecular complexity index is 66.0. The monoisotopic (exact) mass is 245 g/mol.